The van der Waals surface area contributed by atoms with Gasteiger partial charge in [-0.3, -0.25) is 4.68 Å². The van der Waals surface area contributed by atoms with Crippen molar-refractivity contribution in [1.82, 2.24) is 9.78 Å². The Kier molecular flexibility index (Phi) is 3.08. The number of nitrogens with zero attached hydrogens (tertiary/aromatic N) is 2. The van der Waals surface area contributed by atoms with Gasteiger partial charge >= 0.3 is 0 Å². The van der Waals surface area contributed by atoms with Gasteiger partial charge in [-0.1, -0.05) is 13.8 Å². The Bertz CT molecular complexity index is 689. The second-order valence-corrected chi connectivity index (χ2v) is 6.42. The highest BCUT2D eigenvalue weighted by Gasteiger charge is 2.26. The number of hydrogen-bond acceptors (Lipinski definition) is 4. The minimum Gasteiger partial charge on any atom is -0.489 e. The zero-order chi connectivity index (χ0) is 15.2. The first kappa shape index (κ1) is 13.8. The molecular weight excluding hydrogens is 266 g/mol. The highest BCUT2D eigenvalue weighted by molar-refractivity contribution is 5.78. The van der Waals surface area contributed by atoms with Crippen LogP contribution in [0.5, 0.6) is 11.5 Å². The summed E-state index contributed by atoms with van der Waals surface area (Å²) in [6.45, 7) is 7.58. The SMILES string of the molecule is Cc1cc2c(cc1-c1cnn(C)c1N)OCC(C)(C)CO2. The summed E-state index contributed by atoms with van der Waals surface area (Å²) in [5.41, 5.74) is 9.13. The number of anilines is 1. The van der Waals surface area contributed by atoms with Gasteiger partial charge in [0.25, 0.3) is 0 Å². The summed E-state index contributed by atoms with van der Waals surface area (Å²) in [5, 5.41) is 4.21. The fourth-order valence-corrected chi connectivity index (χ4v) is 2.42. The summed E-state index contributed by atoms with van der Waals surface area (Å²) in [5.74, 6) is 2.21. The van der Waals surface area contributed by atoms with Gasteiger partial charge in [0.2, 0.25) is 0 Å². The van der Waals surface area contributed by atoms with Crippen molar-refractivity contribution in [2.75, 3.05) is 18.9 Å². The van der Waals surface area contributed by atoms with Crippen molar-refractivity contribution in [1.29, 1.82) is 0 Å². The standard InChI is InChI=1S/C16H21N3O2/c1-10-5-13-14(21-9-16(2,3)8-20-13)6-11(10)12-7-18-19(4)15(12)17/h5-7H,8-9,17H2,1-4H3. The molecule has 0 spiro atoms. The van der Waals surface area contributed by atoms with Crippen LogP contribution in [-0.4, -0.2) is 23.0 Å². The largest absolute Gasteiger partial charge is 0.489 e. The number of fused-ring (bicyclic) bond motifs is 1. The molecule has 112 valence electrons. The first-order valence-corrected chi connectivity index (χ1v) is 7.05. The zero-order valence-electron chi connectivity index (χ0n) is 12.9. The monoisotopic (exact) mass is 287 g/mol. The molecule has 0 bridgehead atoms. The fourth-order valence-electron chi connectivity index (χ4n) is 2.42. The van der Waals surface area contributed by atoms with E-state index in [1.165, 1.54) is 0 Å². The molecular formula is C16H21N3O2. The molecule has 0 radical (unpaired) electrons. The molecule has 2 aromatic rings. The third-order valence-corrected chi connectivity index (χ3v) is 3.80. The highest BCUT2D eigenvalue weighted by Crippen LogP contribution is 2.40. The van der Waals surface area contributed by atoms with Crippen LogP contribution in [0.15, 0.2) is 18.3 Å². The number of rotatable bonds is 1. The Labute approximate surface area is 124 Å². The molecule has 21 heavy (non-hydrogen) atoms. The number of hydrogen-bond donors (Lipinski definition) is 1. The van der Waals surface area contributed by atoms with Gasteiger partial charge < -0.3 is 15.2 Å². The van der Waals surface area contributed by atoms with Crippen LogP contribution in [0, 0.1) is 12.3 Å². The number of aryl methyl sites for hydroxylation is 2. The first-order chi connectivity index (χ1) is 9.87. The van der Waals surface area contributed by atoms with Crippen LogP contribution < -0.4 is 15.2 Å². The minimum atomic E-state index is 0.000415. The van der Waals surface area contributed by atoms with E-state index in [0.29, 0.717) is 19.0 Å². The van der Waals surface area contributed by atoms with E-state index in [2.05, 4.69) is 18.9 Å². The van der Waals surface area contributed by atoms with Crippen molar-refractivity contribution >= 4 is 5.82 Å². The molecule has 5 nitrogen and oxygen atoms in total. The van der Waals surface area contributed by atoms with Gasteiger partial charge in [-0.15, -0.1) is 0 Å². The second-order valence-electron chi connectivity index (χ2n) is 6.42. The predicted octanol–water partition coefficient (Wildman–Crippen LogP) is 2.78. The van der Waals surface area contributed by atoms with Crippen LogP contribution in [0.4, 0.5) is 5.82 Å². The highest BCUT2D eigenvalue weighted by atomic mass is 16.5. The Morgan fingerprint density at radius 1 is 1.14 bits per heavy atom. The third-order valence-electron chi connectivity index (χ3n) is 3.80. The number of ether oxygens (including phenoxy) is 2. The molecule has 0 atom stereocenters. The van der Waals surface area contributed by atoms with Gasteiger partial charge in [0.1, 0.15) is 5.82 Å². The lowest BCUT2D eigenvalue weighted by atomic mass is 9.97. The summed E-state index contributed by atoms with van der Waals surface area (Å²) in [6.07, 6.45) is 1.78. The quantitative estimate of drug-likeness (QED) is 0.876. The molecule has 0 aliphatic carbocycles. The lowest BCUT2D eigenvalue weighted by Gasteiger charge is -2.19. The Balaban J connectivity index is 2.06. The fraction of sp³-hybridized carbons (Fsp3) is 0.438. The molecule has 1 aromatic heterocycles. The molecule has 2 N–H and O–H groups in total. The topological polar surface area (TPSA) is 62.3 Å². The van der Waals surface area contributed by atoms with Crippen LogP contribution >= 0.6 is 0 Å². The van der Waals surface area contributed by atoms with Crippen molar-refractivity contribution in [3.63, 3.8) is 0 Å². The molecule has 0 fully saturated rings. The number of aromatic nitrogens is 2. The van der Waals surface area contributed by atoms with Crippen LogP contribution in [-0.2, 0) is 7.05 Å². The van der Waals surface area contributed by atoms with E-state index in [-0.39, 0.29) is 5.41 Å². The number of nitrogen functional groups attached to an aromatic ring is 1. The molecule has 0 unspecified atom stereocenters. The van der Waals surface area contributed by atoms with Gasteiger partial charge in [0, 0.05) is 18.0 Å². The molecule has 1 aliphatic heterocycles. The molecule has 1 aromatic carbocycles. The van der Waals surface area contributed by atoms with Gasteiger partial charge in [-0.25, -0.2) is 0 Å². The second kappa shape index (κ2) is 4.69. The van der Waals surface area contributed by atoms with Crippen molar-refractivity contribution in [3.8, 4) is 22.6 Å². The molecule has 0 amide bonds. The van der Waals surface area contributed by atoms with Crippen molar-refractivity contribution in [2.24, 2.45) is 12.5 Å². The third kappa shape index (κ3) is 2.44. The van der Waals surface area contributed by atoms with Crippen LogP contribution in [0.3, 0.4) is 0 Å². The minimum absolute atomic E-state index is 0.000415. The lowest BCUT2D eigenvalue weighted by molar-refractivity contribution is 0.140. The van der Waals surface area contributed by atoms with E-state index < -0.39 is 0 Å². The Morgan fingerprint density at radius 2 is 1.76 bits per heavy atom. The normalized spacial score (nSPS) is 16.6. The maximum Gasteiger partial charge on any atom is 0.161 e. The lowest BCUT2D eigenvalue weighted by Crippen LogP contribution is -2.26. The summed E-state index contributed by atoms with van der Waals surface area (Å²) >= 11 is 0. The average Bonchev–Trinajstić information content (AvgIpc) is 2.67. The van der Waals surface area contributed by atoms with Gasteiger partial charge in [-0.2, -0.15) is 5.10 Å². The van der Waals surface area contributed by atoms with E-state index in [4.69, 9.17) is 15.2 Å². The van der Waals surface area contributed by atoms with E-state index in [9.17, 15) is 0 Å². The van der Waals surface area contributed by atoms with Gasteiger partial charge in [-0.05, 0) is 30.2 Å². The smallest absolute Gasteiger partial charge is 0.161 e. The molecule has 5 heteroatoms. The zero-order valence-corrected chi connectivity index (χ0v) is 12.9. The predicted molar refractivity (Wildman–Crippen MR) is 82.6 cm³/mol. The van der Waals surface area contributed by atoms with Crippen LogP contribution in [0.1, 0.15) is 19.4 Å². The molecule has 2 heterocycles. The Morgan fingerprint density at radius 3 is 2.33 bits per heavy atom. The summed E-state index contributed by atoms with van der Waals surface area (Å²) in [4.78, 5) is 0. The number of nitrogens with two attached hydrogens (primary N) is 1. The van der Waals surface area contributed by atoms with E-state index >= 15 is 0 Å². The summed E-state index contributed by atoms with van der Waals surface area (Å²) in [6, 6.07) is 4.01. The van der Waals surface area contributed by atoms with E-state index in [1.807, 2.05) is 26.1 Å². The van der Waals surface area contributed by atoms with Crippen molar-refractivity contribution in [2.45, 2.75) is 20.8 Å². The average molecular weight is 287 g/mol. The van der Waals surface area contributed by atoms with Crippen molar-refractivity contribution in [3.05, 3.63) is 23.9 Å². The maximum absolute atomic E-state index is 6.08. The first-order valence-electron chi connectivity index (χ1n) is 7.05. The van der Waals surface area contributed by atoms with Crippen LogP contribution in [0.2, 0.25) is 0 Å². The van der Waals surface area contributed by atoms with E-state index in [1.54, 1.807) is 10.9 Å². The van der Waals surface area contributed by atoms with Crippen molar-refractivity contribution < 1.29 is 9.47 Å². The van der Waals surface area contributed by atoms with Crippen LogP contribution in [0.25, 0.3) is 11.1 Å². The number of benzene rings is 1. The summed E-state index contributed by atoms with van der Waals surface area (Å²) < 4.78 is 13.5. The maximum atomic E-state index is 6.08. The molecule has 0 saturated heterocycles. The Hall–Kier alpha value is -2.17. The molecule has 0 saturated carbocycles. The molecule has 3 rings (SSSR count). The van der Waals surface area contributed by atoms with Gasteiger partial charge in [0.05, 0.1) is 19.4 Å². The van der Waals surface area contributed by atoms with Gasteiger partial charge in [0.15, 0.2) is 11.5 Å². The summed E-state index contributed by atoms with van der Waals surface area (Å²) in [7, 11) is 1.83. The van der Waals surface area contributed by atoms with E-state index in [0.717, 1.165) is 28.2 Å². The molecule has 1 aliphatic rings.